The Morgan fingerprint density at radius 1 is 1.50 bits per heavy atom. The number of hydrogen-bond donors (Lipinski definition) is 2. The summed E-state index contributed by atoms with van der Waals surface area (Å²) < 4.78 is 0. The van der Waals surface area contributed by atoms with Crippen molar-refractivity contribution in [2.75, 3.05) is 18.5 Å². The minimum Gasteiger partial charge on any atom is -0.409 e. The zero-order chi connectivity index (χ0) is 11.5. The highest BCUT2D eigenvalue weighted by molar-refractivity contribution is 6.02. The van der Waals surface area contributed by atoms with E-state index < -0.39 is 0 Å². The number of benzene rings is 1. The number of hydrogen-bond acceptors (Lipinski definition) is 3. The van der Waals surface area contributed by atoms with Crippen molar-refractivity contribution < 1.29 is 5.21 Å². The van der Waals surface area contributed by atoms with Gasteiger partial charge in [-0.15, -0.1) is 0 Å². The van der Waals surface area contributed by atoms with Crippen LogP contribution in [0, 0.1) is 5.92 Å². The first-order valence-corrected chi connectivity index (χ1v) is 5.50. The molecule has 2 rings (SSSR count). The Balaban J connectivity index is 2.23. The summed E-state index contributed by atoms with van der Waals surface area (Å²) in [6.07, 6.45) is 2.63. The number of rotatable bonds is 4. The lowest BCUT2D eigenvalue weighted by molar-refractivity contribution is 0.318. The Kier molecular flexibility index (Phi) is 2.99. The van der Waals surface area contributed by atoms with Crippen LogP contribution >= 0.6 is 0 Å². The molecule has 1 aliphatic carbocycles. The molecular formula is C12H17N3O. The van der Waals surface area contributed by atoms with Crippen molar-refractivity contribution in [2.24, 2.45) is 16.8 Å². The van der Waals surface area contributed by atoms with E-state index in [2.05, 4.69) is 10.1 Å². The van der Waals surface area contributed by atoms with Crippen LogP contribution in [-0.2, 0) is 0 Å². The van der Waals surface area contributed by atoms with Crippen LogP contribution in [0.25, 0.3) is 0 Å². The Morgan fingerprint density at radius 3 is 2.81 bits per heavy atom. The van der Waals surface area contributed by atoms with E-state index in [4.69, 9.17) is 10.9 Å². The van der Waals surface area contributed by atoms with Gasteiger partial charge in [0, 0.05) is 24.8 Å². The zero-order valence-corrected chi connectivity index (χ0v) is 9.43. The van der Waals surface area contributed by atoms with Gasteiger partial charge in [-0.25, -0.2) is 0 Å². The van der Waals surface area contributed by atoms with Crippen molar-refractivity contribution >= 4 is 11.5 Å². The van der Waals surface area contributed by atoms with E-state index in [1.54, 1.807) is 0 Å². The smallest absolute Gasteiger partial charge is 0.172 e. The predicted octanol–water partition coefficient (Wildman–Crippen LogP) is 1.63. The molecule has 1 aromatic rings. The summed E-state index contributed by atoms with van der Waals surface area (Å²) in [4.78, 5) is 2.17. The highest BCUT2D eigenvalue weighted by Crippen LogP contribution is 2.31. The summed E-state index contributed by atoms with van der Waals surface area (Å²) in [5.74, 6) is 0.976. The SMILES string of the molecule is CN(CC1CC1)c1ccccc1/C(N)=N/O. The molecule has 0 radical (unpaired) electrons. The normalized spacial score (nSPS) is 16.2. The van der Waals surface area contributed by atoms with E-state index in [1.807, 2.05) is 31.3 Å². The van der Waals surface area contributed by atoms with Crippen molar-refractivity contribution in [1.82, 2.24) is 0 Å². The molecule has 4 heteroatoms. The second-order valence-electron chi connectivity index (χ2n) is 4.33. The Bertz CT molecular complexity index is 399. The molecule has 1 aliphatic rings. The van der Waals surface area contributed by atoms with Crippen LogP contribution in [0.4, 0.5) is 5.69 Å². The fourth-order valence-corrected chi connectivity index (χ4v) is 1.86. The van der Waals surface area contributed by atoms with Crippen molar-refractivity contribution in [3.05, 3.63) is 29.8 Å². The van der Waals surface area contributed by atoms with Crippen molar-refractivity contribution in [3.8, 4) is 0 Å². The standard InChI is InChI=1S/C12H17N3O/c1-15(8-9-6-7-9)11-5-3-2-4-10(11)12(13)14-16/h2-5,9,16H,6-8H2,1H3,(H2,13,14). The highest BCUT2D eigenvalue weighted by Gasteiger charge is 2.23. The summed E-state index contributed by atoms with van der Waals surface area (Å²) in [7, 11) is 2.04. The van der Waals surface area contributed by atoms with Gasteiger partial charge in [0.1, 0.15) is 0 Å². The molecule has 0 spiro atoms. The number of anilines is 1. The summed E-state index contributed by atoms with van der Waals surface area (Å²) in [6, 6.07) is 7.72. The highest BCUT2D eigenvalue weighted by atomic mass is 16.4. The molecule has 0 saturated heterocycles. The molecule has 0 amide bonds. The lowest BCUT2D eigenvalue weighted by Crippen LogP contribution is -2.24. The first-order chi connectivity index (χ1) is 7.72. The van der Waals surface area contributed by atoms with Gasteiger partial charge in [-0.3, -0.25) is 0 Å². The van der Waals surface area contributed by atoms with E-state index in [-0.39, 0.29) is 5.84 Å². The van der Waals surface area contributed by atoms with Gasteiger partial charge in [0.2, 0.25) is 0 Å². The van der Waals surface area contributed by atoms with Gasteiger partial charge in [-0.2, -0.15) is 0 Å². The van der Waals surface area contributed by atoms with Crippen LogP contribution in [0.1, 0.15) is 18.4 Å². The van der Waals surface area contributed by atoms with Gasteiger partial charge in [-0.05, 0) is 30.9 Å². The van der Waals surface area contributed by atoms with Gasteiger partial charge >= 0.3 is 0 Å². The molecule has 0 unspecified atom stereocenters. The first kappa shape index (κ1) is 10.8. The number of amidine groups is 1. The lowest BCUT2D eigenvalue weighted by atomic mass is 10.1. The lowest BCUT2D eigenvalue weighted by Gasteiger charge is -2.21. The minimum absolute atomic E-state index is 0.165. The average Bonchev–Trinajstić information content (AvgIpc) is 3.12. The number of oxime groups is 1. The molecule has 1 saturated carbocycles. The zero-order valence-electron chi connectivity index (χ0n) is 9.43. The van der Waals surface area contributed by atoms with Crippen LogP contribution in [0.2, 0.25) is 0 Å². The van der Waals surface area contributed by atoms with Crippen LogP contribution < -0.4 is 10.6 Å². The van der Waals surface area contributed by atoms with E-state index in [0.29, 0.717) is 0 Å². The van der Waals surface area contributed by atoms with Gasteiger partial charge in [-0.1, -0.05) is 17.3 Å². The largest absolute Gasteiger partial charge is 0.409 e. The summed E-state index contributed by atoms with van der Waals surface area (Å²) in [6.45, 7) is 1.04. The summed E-state index contributed by atoms with van der Waals surface area (Å²) in [5, 5.41) is 11.8. The number of nitrogens with zero attached hydrogens (tertiary/aromatic N) is 2. The molecule has 3 N–H and O–H groups in total. The molecule has 1 fully saturated rings. The minimum atomic E-state index is 0.165. The Hall–Kier alpha value is -1.71. The molecule has 4 nitrogen and oxygen atoms in total. The third-order valence-electron chi connectivity index (χ3n) is 2.93. The van der Waals surface area contributed by atoms with Crippen LogP contribution in [0.5, 0.6) is 0 Å². The van der Waals surface area contributed by atoms with Crippen LogP contribution in [0.3, 0.4) is 0 Å². The van der Waals surface area contributed by atoms with Gasteiger partial charge < -0.3 is 15.8 Å². The molecule has 0 aliphatic heterocycles. The third kappa shape index (κ3) is 2.27. The first-order valence-electron chi connectivity index (χ1n) is 5.50. The molecular weight excluding hydrogens is 202 g/mol. The molecule has 0 bridgehead atoms. The van der Waals surface area contributed by atoms with Gasteiger partial charge in [0.15, 0.2) is 5.84 Å². The Labute approximate surface area is 95.4 Å². The summed E-state index contributed by atoms with van der Waals surface area (Å²) in [5.41, 5.74) is 7.46. The molecule has 86 valence electrons. The van der Waals surface area contributed by atoms with Crippen LogP contribution in [0.15, 0.2) is 29.4 Å². The second-order valence-corrected chi connectivity index (χ2v) is 4.33. The molecule has 0 heterocycles. The van der Waals surface area contributed by atoms with E-state index >= 15 is 0 Å². The van der Waals surface area contributed by atoms with Gasteiger partial charge in [0.25, 0.3) is 0 Å². The maximum Gasteiger partial charge on any atom is 0.172 e. The van der Waals surface area contributed by atoms with Crippen molar-refractivity contribution in [1.29, 1.82) is 0 Å². The van der Waals surface area contributed by atoms with E-state index in [1.165, 1.54) is 12.8 Å². The third-order valence-corrected chi connectivity index (χ3v) is 2.93. The van der Waals surface area contributed by atoms with Crippen molar-refractivity contribution in [2.45, 2.75) is 12.8 Å². The maximum atomic E-state index is 8.73. The topological polar surface area (TPSA) is 61.8 Å². The Morgan fingerprint density at radius 2 is 2.19 bits per heavy atom. The number of para-hydroxylation sites is 1. The molecule has 1 aromatic carbocycles. The maximum absolute atomic E-state index is 8.73. The van der Waals surface area contributed by atoms with Crippen LogP contribution in [-0.4, -0.2) is 24.6 Å². The van der Waals surface area contributed by atoms with E-state index in [9.17, 15) is 0 Å². The molecule has 0 atom stereocenters. The molecule has 16 heavy (non-hydrogen) atoms. The second kappa shape index (κ2) is 4.43. The van der Waals surface area contributed by atoms with E-state index in [0.717, 1.165) is 23.7 Å². The molecule has 0 aromatic heterocycles. The quantitative estimate of drug-likeness (QED) is 0.350. The fourth-order valence-electron chi connectivity index (χ4n) is 1.86. The van der Waals surface area contributed by atoms with Gasteiger partial charge in [0.05, 0.1) is 0 Å². The number of nitrogens with two attached hydrogens (primary N) is 1. The average molecular weight is 219 g/mol. The van der Waals surface area contributed by atoms with Crippen molar-refractivity contribution in [3.63, 3.8) is 0 Å². The fraction of sp³-hybridized carbons (Fsp3) is 0.417. The summed E-state index contributed by atoms with van der Waals surface area (Å²) >= 11 is 0. The monoisotopic (exact) mass is 219 g/mol. The predicted molar refractivity (Wildman–Crippen MR) is 64.9 cm³/mol.